The second kappa shape index (κ2) is 10.00. The third kappa shape index (κ3) is 4.96. The number of thioether (sulfide) groups is 1. The minimum absolute atomic E-state index is 0.110. The van der Waals surface area contributed by atoms with E-state index in [-0.39, 0.29) is 22.0 Å². The van der Waals surface area contributed by atoms with Crippen LogP contribution in [0.3, 0.4) is 0 Å². The molecule has 3 rings (SSSR count). The molecule has 5 nitrogen and oxygen atoms in total. The number of amides is 2. The van der Waals surface area contributed by atoms with Crippen molar-refractivity contribution in [1.82, 2.24) is 4.90 Å². The second-order valence-corrected chi connectivity index (χ2v) is 7.86. The molecule has 8 heteroatoms. The molecule has 1 fully saturated rings. The van der Waals surface area contributed by atoms with Crippen LogP contribution in [0, 0.1) is 5.82 Å². The number of rotatable bonds is 8. The number of carbonyl (C=O) groups is 2. The Bertz CT molecular complexity index is 975. The topological polar surface area (TPSA) is 55.8 Å². The zero-order valence-electron chi connectivity index (χ0n) is 16.6. The first-order valence-corrected chi connectivity index (χ1v) is 10.7. The van der Waals surface area contributed by atoms with Crippen molar-refractivity contribution in [3.63, 3.8) is 0 Å². The van der Waals surface area contributed by atoms with Gasteiger partial charge in [0.15, 0.2) is 11.5 Å². The summed E-state index contributed by atoms with van der Waals surface area (Å²) in [4.78, 5) is 26.4. The van der Waals surface area contributed by atoms with E-state index in [0.717, 1.165) is 23.1 Å². The fraction of sp³-hybridized carbons (Fsp3) is 0.273. The van der Waals surface area contributed by atoms with Crippen LogP contribution < -0.4 is 9.47 Å². The maximum atomic E-state index is 14.1. The van der Waals surface area contributed by atoms with Crippen molar-refractivity contribution in [2.75, 3.05) is 13.2 Å². The number of benzene rings is 2. The van der Waals surface area contributed by atoms with Gasteiger partial charge in [-0.3, -0.25) is 14.5 Å². The van der Waals surface area contributed by atoms with E-state index in [1.54, 1.807) is 24.3 Å². The lowest BCUT2D eigenvalue weighted by molar-refractivity contribution is -0.123. The van der Waals surface area contributed by atoms with Gasteiger partial charge in [0.1, 0.15) is 5.82 Å². The average Bonchev–Trinajstić information content (AvgIpc) is 2.97. The van der Waals surface area contributed by atoms with Gasteiger partial charge >= 0.3 is 0 Å². The van der Waals surface area contributed by atoms with Gasteiger partial charge in [-0.2, -0.15) is 0 Å². The standard InChI is InChI=1S/C22H21ClFNO4S/c1-3-10-29-18-9-8-14(11-19(18)28-4-2)12-20-21(26)25(22(27)30-20)13-15-16(23)6-5-7-17(15)24/h5-9,11-12H,3-4,10,13H2,1-2H3. The fourth-order valence-electron chi connectivity index (χ4n) is 2.84. The molecule has 2 aromatic carbocycles. The first-order chi connectivity index (χ1) is 14.4. The number of ether oxygens (including phenoxy) is 2. The van der Waals surface area contributed by atoms with Gasteiger partial charge in [0, 0.05) is 10.6 Å². The highest BCUT2D eigenvalue weighted by Gasteiger charge is 2.36. The maximum absolute atomic E-state index is 14.1. The smallest absolute Gasteiger partial charge is 0.293 e. The minimum Gasteiger partial charge on any atom is -0.490 e. The number of halogens is 2. The molecule has 0 radical (unpaired) electrons. The van der Waals surface area contributed by atoms with E-state index in [0.29, 0.717) is 30.3 Å². The molecule has 1 aliphatic rings. The monoisotopic (exact) mass is 449 g/mol. The molecular formula is C22H21ClFNO4S. The van der Waals surface area contributed by atoms with Crippen LogP contribution in [0.4, 0.5) is 9.18 Å². The summed E-state index contributed by atoms with van der Waals surface area (Å²) in [6.45, 7) is 4.69. The quantitative estimate of drug-likeness (QED) is 0.469. The molecule has 158 valence electrons. The van der Waals surface area contributed by atoms with Gasteiger partial charge in [0.2, 0.25) is 0 Å². The Morgan fingerprint density at radius 2 is 1.93 bits per heavy atom. The molecule has 0 unspecified atom stereocenters. The van der Waals surface area contributed by atoms with Gasteiger partial charge in [-0.25, -0.2) is 4.39 Å². The van der Waals surface area contributed by atoms with E-state index in [4.69, 9.17) is 21.1 Å². The second-order valence-electron chi connectivity index (χ2n) is 6.46. The van der Waals surface area contributed by atoms with E-state index in [1.165, 1.54) is 18.2 Å². The van der Waals surface area contributed by atoms with Crippen LogP contribution in [0.5, 0.6) is 11.5 Å². The van der Waals surface area contributed by atoms with Crippen molar-refractivity contribution in [2.24, 2.45) is 0 Å². The highest BCUT2D eigenvalue weighted by molar-refractivity contribution is 8.18. The third-order valence-electron chi connectivity index (χ3n) is 4.28. The number of nitrogens with zero attached hydrogens (tertiary/aromatic N) is 1. The Morgan fingerprint density at radius 3 is 2.63 bits per heavy atom. The van der Waals surface area contributed by atoms with Crippen LogP contribution in [-0.4, -0.2) is 29.3 Å². The highest BCUT2D eigenvalue weighted by Crippen LogP contribution is 2.36. The zero-order chi connectivity index (χ0) is 21.7. The van der Waals surface area contributed by atoms with Crippen molar-refractivity contribution < 1.29 is 23.5 Å². The summed E-state index contributed by atoms with van der Waals surface area (Å²) in [6.07, 6.45) is 2.48. The van der Waals surface area contributed by atoms with E-state index in [9.17, 15) is 14.0 Å². The van der Waals surface area contributed by atoms with E-state index >= 15 is 0 Å². The molecule has 1 saturated heterocycles. The lowest BCUT2D eigenvalue weighted by Crippen LogP contribution is -2.28. The zero-order valence-corrected chi connectivity index (χ0v) is 18.2. The summed E-state index contributed by atoms with van der Waals surface area (Å²) in [5, 5.41) is -0.305. The van der Waals surface area contributed by atoms with Gasteiger partial charge < -0.3 is 9.47 Å². The number of hydrogen-bond donors (Lipinski definition) is 0. The minimum atomic E-state index is -0.561. The van der Waals surface area contributed by atoms with Crippen LogP contribution in [0.15, 0.2) is 41.3 Å². The molecule has 2 amide bonds. The maximum Gasteiger partial charge on any atom is 0.293 e. The van der Waals surface area contributed by atoms with Crippen LogP contribution in [0.1, 0.15) is 31.4 Å². The molecule has 0 atom stereocenters. The van der Waals surface area contributed by atoms with Gasteiger partial charge in [0.25, 0.3) is 11.1 Å². The van der Waals surface area contributed by atoms with Gasteiger partial charge in [-0.15, -0.1) is 0 Å². The molecule has 1 heterocycles. The molecular weight excluding hydrogens is 429 g/mol. The van der Waals surface area contributed by atoms with Crippen LogP contribution >= 0.6 is 23.4 Å². The summed E-state index contributed by atoms with van der Waals surface area (Å²) in [6, 6.07) is 9.56. The summed E-state index contributed by atoms with van der Waals surface area (Å²) in [5.41, 5.74) is 0.801. The number of imide groups is 1. The first-order valence-electron chi connectivity index (χ1n) is 9.52. The van der Waals surface area contributed by atoms with Crippen molar-refractivity contribution in [2.45, 2.75) is 26.8 Å². The molecule has 0 saturated carbocycles. The highest BCUT2D eigenvalue weighted by atomic mass is 35.5. The Labute approximate surface area is 183 Å². The lowest BCUT2D eigenvalue weighted by Gasteiger charge is -2.14. The summed E-state index contributed by atoms with van der Waals surface area (Å²) in [7, 11) is 0. The van der Waals surface area contributed by atoms with Crippen LogP contribution in [-0.2, 0) is 11.3 Å². The summed E-state index contributed by atoms with van der Waals surface area (Å²) in [5.74, 6) is 0.137. The molecule has 2 aromatic rings. The lowest BCUT2D eigenvalue weighted by atomic mass is 10.1. The van der Waals surface area contributed by atoms with Gasteiger partial charge in [-0.05, 0) is 61.0 Å². The average molecular weight is 450 g/mol. The number of carbonyl (C=O) groups excluding carboxylic acids is 2. The molecule has 0 spiro atoms. The SMILES string of the molecule is CCCOc1ccc(C=C2SC(=O)N(Cc3c(F)cccc3Cl)C2=O)cc1OCC. The van der Waals surface area contributed by atoms with Gasteiger partial charge in [-0.1, -0.05) is 30.7 Å². The van der Waals surface area contributed by atoms with Crippen molar-refractivity contribution in [1.29, 1.82) is 0 Å². The largest absolute Gasteiger partial charge is 0.490 e. The predicted octanol–water partition coefficient (Wildman–Crippen LogP) is 5.90. The van der Waals surface area contributed by atoms with E-state index < -0.39 is 17.0 Å². The molecule has 0 aromatic heterocycles. The van der Waals surface area contributed by atoms with Crippen molar-refractivity contribution >= 4 is 40.6 Å². The Morgan fingerprint density at radius 1 is 1.13 bits per heavy atom. The Hall–Kier alpha value is -2.51. The molecule has 0 bridgehead atoms. The normalized spacial score (nSPS) is 15.2. The molecule has 0 aliphatic carbocycles. The van der Waals surface area contributed by atoms with Crippen molar-refractivity contribution in [3.8, 4) is 11.5 Å². The Balaban J connectivity index is 1.83. The van der Waals surface area contributed by atoms with E-state index in [1.807, 2.05) is 13.8 Å². The van der Waals surface area contributed by atoms with Crippen LogP contribution in [0.2, 0.25) is 5.02 Å². The molecule has 1 aliphatic heterocycles. The summed E-state index contributed by atoms with van der Waals surface area (Å²) >= 11 is 6.84. The summed E-state index contributed by atoms with van der Waals surface area (Å²) < 4.78 is 25.4. The molecule has 0 N–H and O–H groups in total. The van der Waals surface area contributed by atoms with Crippen LogP contribution in [0.25, 0.3) is 6.08 Å². The third-order valence-corrected chi connectivity index (χ3v) is 5.54. The van der Waals surface area contributed by atoms with Crippen molar-refractivity contribution in [3.05, 3.63) is 63.3 Å². The van der Waals surface area contributed by atoms with E-state index in [2.05, 4.69) is 0 Å². The fourth-order valence-corrected chi connectivity index (χ4v) is 3.90. The van der Waals surface area contributed by atoms with Gasteiger partial charge in [0.05, 0.1) is 24.7 Å². The Kier molecular flexibility index (Phi) is 7.39. The number of hydrogen-bond acceptors (Lipinski definition) is 5. The predicted molar refractivity (Wildman–Crippen MR) is 116 cm³/mol. The first kappa shape index (κ1) is 22.2. The molecule has 30 heavy (non-hydrogen) atoms.